The second-order valence-corrected chi connectivity index (χ2v) is 6.31. The molecule has 0 heterocycles. The Bertz CT molecular complexity index is 345. The number of alkyl carbamates (subject to hydrolysis) is 1. The van der Waals surface area contributed by atoms with Crippen LogP contribution in [0.4, 0.5) is 4.79 Å². The molecule has 5 heteroatoms. The van der Waals surface area contributed by atoms with E-state index < -0.39 is 17.8 Å². The fourth-order valence-electron chi connectivity index (χ4n) is 2.13. The summed E-state index contributed by atoms with van der Waals surface area (Å²) in [5, 5.41) is 12.8. The summed E-state index contributed by atoms with van der Waals surface area (Å²) in [6, 6.07) is 0.0319. The van der Waals surface area contributed by atoms with Gasteiger partial charge in [0.1, 0.15) is 5.60 Å². The topological polar surface area (TPSA) is 61.8 Å². The Morgan fingerprint density at radius 1 is 1.42 bits per heavy atom. The van der Waals surface area contributed by atoms with Crippen LogP contribution in [0.3, 0.4) is 0 Å². The van der Waals surface area contributed by atoms with Crippen molar-refractivity contribution in [2.45, 2.75) is 57.8 Å². The first-order valence-electron chi connectivity index (χ1n) is 6.72. The van der Waals surface area contributed by atoms with Gasteiger partial charge in [-0.25, -0.2) is 4.79 Å². The number of hydrogen-bond donors (Lipinski definition) is 2. The molecule has 110 valence electrons. The molecule has 1 fully saturated rings. The predicted octanol–water partition coefficient (Wildman–Crippen LogP) is 1.87. The minimum absolute atomic E-state index is 0.0319. The number of ether oxygens (including phenoxy) is 1. The van der Waals surface area contributed by atoms with Crippen LogP contribution in [0.5, 0.6) is 0 Å². The standard InChI is InChI=1S/C14H26N2O3/c1-14(2,3)19-13(18)15-11-6-7-12(17)10(8-11)9-16(4)5/h9,11-12,17H,6-8H2,1-5H3,(H,15,18)/b10-9+. The molecule has 0 aromatic heterocycles. The molecule has 2 N–H and O–H groups in total. The molecule has 0 aliphatic heterocycles. The molecule has 19 heavy (non-hydrogen) atoms. The van der Waals surface area contributed by atoms with Crippen molar-refractivity contribution in [2.24, 2.45) is 0 Å². The van der Waals surface area contributed by atoms with Crippen LogP contribution >= 0.6 is 0 Å². The number of nitrogens with zero attached hydrogens (tertiary/aromatic N) is 1. The molecule has 1 rings (SSSR count). The predicted molar refractivity (Wildman–Crippen MR) is 74.8 cm³/mol. The molecule has 5 nitrogen and oxygen atoms in total. The lowest BCUT2D eigenvalue weighted by Crippen LogP contribution is -2.42. The molecular formula is C14H26N2O3. The van der Waals surface area contributed by atoms with Gasteiger partial charge in [0.2, 0.25) is 0 Å². The van der Waals surface area contributed by atoms with Gasteiger partial charge >= 0.3 is 6.09 Å². The van der Waals surface area contributed by atoms with E-state index in [1.165, 1.54) is 0 Å². The van der Waals surface area contributed by atoms with Crippen LogP contribution in [0, 0.1) is 0 Å². The average Bonchev–Trinajstić information content (AvgIpc) is 2.19. The Hall–Kier alpha value is -1.23. The molecule has 1 aliphatic carbocycles. The van der Waals surface area contributed by atoms with Gasteiger partial charge in [0, 0.05) is 26.3 Å². The van der Waals surface area contributed by atoms with E-state index >= 15 is 0 Å². The lowest BCUT2D eigenvalue weighted by molar-refractivity contribution is 0.0484. The first kappa shape index (κ1) is 15.8. The number of rotatable bonds is 2. The Kier molecular flexibility index (Phi) is 5.23. The van der Waals surface area contributed by atoms with E-state index in [1.54, 1.807) is 0 Å². The van der Waals surface area contributed by atoms with Gasteiger partial charge in [0.25, 0.3) is 0 Å². The fourth-order valence-corrected chi connectivity index (χ4v) is 2.13. The Morgan fingerprint density at radius 3 is 2.58 bits per heavy atom. The SMILES string of the molecule is CN(C)/C=C1\CC(NC(=O)OC(C)(C)C)CCC1O. The van der Waals surface area contributed by atoms with E-state index in [0.29, 0.717) is 12.8 Å². The maximum absolute atomic E-state index is 11.7. The number of aliphatic hydroxyl groups is 1. The molecule has 0 bridgehead atoms. The first-order chi connectivity index (χ1) is 8.67. The van der Waals surface area contributed by atoms with E-state index in [0.717, 1.165) is 12.0 Å². The van der Waals surface area contributed by atoms with E-state index in [1.807, 2.05) is 46.0 Å². The van der Waals surface area contributed by atoms with Crippen molar-refractivity contribution in [1.29, 1.82) is 0 Å². The zero-order valence-corrected chi connectivity index (χ0v) is 12.6. The molecule has 0 saturated heterocycles. The largest absolute Gasteiger partial charge is 0.444 e. The van der Waals surface area contributed by atoms with Gasteiger partial charge < -0.3 is 20.1 Å². The highest BCUT2D eigenvalue weighted by atomic mass is 16.6. The van der Waals surface area contributed by atoms with Crippen LogP contribution in [0.2, 0.25) is 0 Å². The van der Waals surface area contributed by atoms with Gasteiger partial charge in [0.05, 0.1) is 6.10 Å². The molecule has 0 radical (unpaired) electrons. The third-order valence-electron chi connectivity index (χ3n) is 2.84. The van der Waals surface area contributed by atoms with Crippen molar-refractivity contribution in [3.05, 3.63) is 11.8 Å². The van der Waals surface area contributed by atoms with Gasteiger partial charge in [-0.1, -0.05) is 0 Å². The monoisotopic (exact) mass is 270 g/mol. The van der Waals surface area contributed by atoms with Crippen molar-refractivity contribution in [3.8, 4) is 0 Å². The summed E-state index contributed by atoms with van der Waals surface area (Å²) in [5.41, 5.74) is 0.470. The lowest BCUT2D eigenvalue weighted by atomic mass is 9.89. The number of hydrogen-bond acceptors (Lipinski definition) is 4. The van der Waals surface area contributed by atoms with Crippen LogP contribution in [0.15, 0.2) is 11.8 Å². The molecule has 2 atom stereocenters. The van der Waals surface area contributed by atoms with Crippen LogP contribution in [-0.4, -0.2) is 47.9 Å². The third kappa shape index (κ3) is 5.96. The quantitative estimate of drug-likeness (QED) is 0.804. The van der Waals surface area contributed by atoms with Crippen LogP contribution in [-0.2, 0) is 4.74 Å². The number of carbonyl (C=O) groups excluding carboxylic acids is 1. The van der Waals surface area contributed by atoms with E-state index in [-0.39, 0.29) is 6.04 Å². The number of amides is 1. The second-order valence-electron chi connectivity index (χ2n) is 6.31. The minimum Gasteiger partial charge on any atom is -0.444 e. The maximum atomic E-state index is 11.7. The summed E-state index contributed by atoms with van der Waals surface area (Å²) >= 11 is 0. The zero-order valence-electron chi connectivity index (χ0n) is 12.6. The maximum Gasteiger partial charge on any atom is 0.407 e. The Balaban J connectivity index is 2.55. The van der Waals surface area contributed by atoms with Gasteiger partial charge in [0.15, 0.2) is 0 Å². The molecule has 1 saturated carbocycles. The Morgan fingerprint density at radius 2 is 2.05 bits per heavy atom. The van der Waals surface area contributed by atoms with Crippen molar-refractivity contribution in [1.82, 2.24) is 10.2 Å². The molecule has 0 spiro atoms. The number of carbonyl (C=O) groups is 1. The van der Waals surface area contributed by atoms with Gasteiger partial charge in [-0.3, -0.25) is 0 Å². The summed E-state index contributed by atoms with van der Waals surface area (Å²) < 4.78 is 5.24. The highest BCUT2D eigenvalue weighted by Crippen LogP contribution is 2.24. The molecule has 0 aromatic rings. The van der Waals surface area contributed by atoms with Crippen LogP contribution < -0.4 is 5.32 Å². The van der Waals surface area contributed by atoms with Gasteiger partial charge in [-0.05, 0) is 45.6 Å². The molecule has 0 aromatic carbocycles. The van der Waals surface area contributed by atoms with Crippen molar-refractivity contribution in [3.63, 3.8) is 0 Å². The Labute approximate surface area is 115 Å². The highest BCUT2D eigenvalue weighted by Gasteiger charge is 2.26. The molecule has 2 unspecified atom stereocenters. The molecule has 1 aliphatic rings. The third-order valence-corrected chi connectivity index (χ3v) is 2.84. The highest BCUT2D eigenvalue weighted by molar-refractivity contribution is 5.68. The zero-order chi connectivity index (χ0) is 14.6. The van der Waals surface area contributed by atoms with Gasteiger partial charge in [-0.2, -0.15) is 0 Å². The average molecular weight is 270 g/mol. The van der Waals surface area contributed by atoms with Gasteiger partial charge in [-0.15, -0.1) is 0 Å². The number of aliphatic hydroxyl groups excluding tert-OH is 1. The van der Waals surface area contributed by atoms with Crippen molar-refractivity contribution < 1.29 is 14.6 Å². The molecule has 1 amide bonds. The summed E-state index contributed by atoms with van der Waals surface area (Å²) in [6.45, 7) is 5.53. The fraction of sp³-hybridized carbons (Fsp3) is 0.786. The minimum atomic E-state index is -0.486. The number of nitrogens with one attached hydrogen (secondary N) is 1. The summed E-state index contributed by atoms with van der Waals surface area (Å²) in [4.78, 5) is 13.6. The second kappa shape index (κ2) is 6.28. The van der Waals surface area contributed by atoms with Crippen molar-refractivity contribution >= 4 is 6.09 Å². The first-order valence-corrected chi connectivity index (χ1v) is 6.72. The van der Waals surface area contributed by atoms with Crippen LogP contribution in [0.1, 0.15) is 40.0 Å². The summed E-state index contributed by atoms with van der Waals surface area (Å²) in [5.74, 6) is 0. The summed E-state index contributed by atoms with van der Waals surface area (Å²) in [7, 11) is 3.84. The van der Waals surface area contributed by atoms with Crippen molar-refractivity contribution in [2.75, 3.05) is 14.1 Å². The smallest absolute Gasteiger partial charge is 0.407 e. The molecular weight excluding hydrogens is 244 g/mol. The van der Waals surface area contributed by atoms with E-state index in [2.05, 4.69) is 5.32 Å². The van der Waals surface area contributed by atoms with E-state index in [9.17, 15) is 9.90 Å². The normalized spacial score (nSPS) is 26.1. The van der Waals surface area contributed by atoms with E-state index in [4.69, 9.17) is 4.74 Å². The summed E-state index contributed by atoms with van der Waals surface area (Å²) in [6.07, 6.45) is 3.23. The van der Waals surface area contributed by atoms with Crippen LogP contribution in [0.25, 0.3) is 0 Å². The lowest BCUT2D eigenvalue weighted by Gasteiger charge is -2.30.